The van der Waals surface area contributed by atoms with Crippen LogP contribution >= 0.6 is 0 Å². The zero-order chi connectivity index (χ0) is 23.1. The predicted octanol–water partition coefficient (Wildman–Crippen LogP) is 2.93. The minimum atomic E-state index is -0.795. The molecule has 2 aliphatic carbocycles. The first kappa shape index (κ1) is 21.8. The topological polar surface area (TPSA) is 105 Å². The molecule has 2 N–H and O–H groups in total. The van der Waals surface area contributed by atoms with Crippen LogP contribution in [0.4, 0.5) is 10.5 Å². The second-order valence-electron chi connectivity index (χ2n) is 9.83. The van der Waals surface area contributed by atoms with Crippen LogP contribution in [0.5, 0.6) is 0 Å². The maximum Gasteiger partial charge on any atom is 0.325 e. The molecule has 0 bridgehead atoms. The summed E-state index contributed by atoms with van der Waals surface area (Å²) < 4.78 is 0. The number of hydrogen-bond donors (Lipinski definition) is 2. The summed E-state index contributed by atoms with van der Waals surface area (Å²) in [6, 6.07) is 12.3. The van der Waals surface area contributed by atoms with Crippen LogP contribution in [-0.4, -0.2) is 57.3 Å². The zero-order valence-corrected chi connectivity index (χ0v) is 19.0. The molecule has 2 aromatic rings. The first-order chi connectivity index (χ1) is 15.9. The van der Waals surface area contributed by atoms with Crippen molar-refractivity contribution in [2.45, 2.75) is 61.6 Å². The van der Waals surface area contributed by atoms with Crippen LogP contribution in [0.1, 0.15) is 56.3 Å². The number of hydrogen-bond acceptors (Lipinski definition) is 6. The highest BCUT2D eigenvalue weighted by molar-refractivity contribution is 5.95. The molecule has 5 rings (SSSR count). The number of amides is 2. The lowest BCUT2D eigenvalue weighted by atomic mass is 9.68. The van der Waals surface area contributed by atoms with Gasteiger partial charge >= 0.3 is 6.03 Å². The Bertz CT molecular complexity index is 1050. The number of rotatable bonds is 5. The molecule has 1 aromatic carbocycles. The van der Waals surface area contributed by atoms with Crippen molar-refractivity contribution >= 4 is 11.7 Å². The second kappa shape index (κ2) is 8.08. The fourth-order valence-electron chi connectivity index (χ4n) is 5.80. The number of benzene rings is 1. The van der Waals surface area contributed by atoms with Gasteiger partial charge < -0.3 is 15.3 Å². The summed E-state index contributed by atoms with van der Waals surface area (Å²) in [5, 5.41) is 23.6. The maximum atomic E-state index is 13.7. The molecule has 8 nitrogen and oxygen atoms in total. The maximum absolute atomic E-state index is 13.7. The van der Waals surface area contributed by atoms with E-state index < -0.39 is 5.60 Å². The van der Waals surface area contributed by atoms with Gasteiger partial charge in [0.25, 0.3) is 0 Å². The van der Waals surface area contributed by atoms with E-state index >= 15 is 0 Å². The van der Waals surface area contributed by atoms with Crippen molar-refractivity contribution in [2.24, 2.45) is 0 Å². The molecule has 3 aliphatic rings. The summed E-state index contributed by atoms with van der Waals surface area (Å²) in [6.07, 6.45) is 9.01. The Balaban J connectivity index is 1.45. The molecule has 0 radical (unpaired) electrons. The number of aromatic nitrogens is 2. The third-order valence-corrected chi connectivity index (χ3v) is 8.11. The average Bonchev–Trinajstić information content (AvgIpc) is 3.10. The molecule has 172 valence electrons. The summed E-state index contributed by atoms with van der Waals surface area (Å²) in [6.45, 7) is 0.892. The number of anilines is 1. The van der Waals surface area contributed by atoms with E-state index in [9.17, 15) is 9.90 Å². The molecule has 1 spiro atoms. The highest BCUT2D eigenvalue weighted by Gasteiger charge is 2.56. The van der Waals surface area contributed by atoms with Gasteiger partial charge in [-0.25, -0.2) is 14.8 Å². The largest absolute Gasteiger partial charge is 0.388 e. The SMILES string of the molecule is CNC1(c2ccccc2)CCC2(CC1)CN(c1cnc(C#N)nc1)C(=O)N2CC1(O)CCC1. The quantitative estimate of drug-likeness (QED) is 0.732. The van der Waals surface area contributed by atoms with E-state index in [0.29, 0.717) is 18.8 Å². The lowest BCUT2D eigenvalue weighted by Gasteiger charge is -2.50. The van der Waals surface area contributed by atoms with Gasteiger partial charge in [0.15, 0.2) is 0 Å². The molecular formula is C25H30N6O2. The van der Waals surface area contributed by atoms with E-state index in [2.05, 4.69) is 39.6 Å². The number of carbonyl (C=O) groups excluding carboxylic acids is 1. The van der Waals surface area contributed by atoms with E-state index in [4.69, 9.17) is 5.26 Å². The van der Waals surface area contributed by atoms with Gasteiger partial charge in [0, 0.05) is 5.54 Å². The normalized spacial score (nSPS) is 28.6. The van der Waals surface area contributed by atoms with E-state index in [1.165, 1.54) is 5.56 Å². The molecule has 2 heterocycles. The summed E-state index contributed by atoms with van der Waals surface area (Å²) in [5.41, 5.74) is 0.588. The highest BCUT2D eigenvalue weighted by Crippen LogP contribution is 2.48. The van der Waals surface area contributed by atoms with Crippen LogP contribution in [-0.2, 0) is 5.54 Å². The molecule has 1 aromatic heterocycles. The van der Waals surface area contributed by atoms with Gasteiger partial charge in [-0.2, -0.15) is 5.26 Å². The Kier molecular flexibility index (Phi) is 5.34. The van der Waals surface area contributed by atoms with Crippen LogP contribution in [0.25, 0.3) is 0 Å². The lowest BCUT2D eigenvalue weighted by Crippen LogP contribution is -2.59. The van der Waals surface area contributed by atoms with Crippen molar-refractivity contribution < 1.29 is 9.90 Å². The van der Waals surface area contributed by atoms with Gasteiger partial charge in [-0.05, 0) is 57.6 Å². The van der Waals surface area contributed by atoms with E-state index in [0.717, 1.165) is 44.9 Å². The Labute approximate surface area is 194 Å². The molecule has 2 amide bonds. The van der Waals surface area contributed by atoms with Crippen molar-refractivity contribution in [2.75, 3.05) is 25.0 Å². The van der Waals surface area contributed by atoms with Gasteiger partial charge in [0.05, 0.1) is 42.3 Å². The fraction of sp³-hybridized carbons (Fsp3) is 0.520. The van der Waals surface area contributed by atoms with Gasteiger partial charge in [0.2, 0.25) is 5.82 Å². The third kappa shape index (κ3) is 3.65. The number of nitrogens with one attached hydrogen (secondary N) is 1. The Morgan fingerprint density at radius 2 is 1.76 bits per heavy atom. The van der Waals surface area contributed by atoms with Crippen LogP contribution in [0.15, 0.2) is 42.7 Å². The molecule has 0 atom stereocenters. The van der Waals surface area contributed by atoms with Crippen LogP contribution in [0.3, 0.4) is 0 Å². The molecule has 1 aliphatic heterocycles. The first-order valence-electron chi connectivity index (χ1n) is 11.7. The summed E-state index contributed by atoms with van der Waals surface area (Å²) in [7, 11) is 2.01. The smallest absolute Gasteiger partial charge is 0.325 e. The zero-order valence-electron chi connectivity index (χ0n) is 19.0. The number of urea groups is 1. The monoisotopic (exact) mass is 446 g/mol. The summed E-state index contributed by atoms with van der Waals surface area (Å²) in [5.74, 6) is 0.0834. The van der Waals surface area contributed by atoms with Crippen molar-refractivity contribution in [1.29, 1.82) is 5.26 Å². The Morgan fingerprint density at radius 1 is 1.09 bits per heavy atom. The average molecular weight is 447 g/mol. The van der Waals surface area contributed by atoms with E-state index in [1.54, 1.807) is 17.3 Å². The van der Waals surface area contributed by atoms with Crippen LogP contribution in [0.2, 0.25) is 0 Å². The summed E-state index contributed by atoms with van der Waals surface area (Å²) >= 11 is 0. The molecule has 1 saturated heterocycles. The molecule has 3 fully saturated rings. The number of aliphatic hydroxyl groups is 1. The summed E-state index contributed by atoms with van der Waals surface area (Å²) in [4.78, 5) is 25.4. The van der Waals surface area contributed by atoms with Crippen molar-refractivity contribution in [3.8, 4) is 6.07 Å². The minimum Gasteiger partial charge on any atom is -0.388 e. The molecule has 0 unspecified atom stereocenters. The number of nitrogens with zero attached hydrogens (tertiary/aromatic N) is 5. The standard InChI is InChI=1S/C25H30N6O2/c1-27-25(19-6-3-2-4-7-19)12-10-23(11-13-25)17-30(20-15-28-21(14-26)29-16-20)22(32)31(23)18-24(33)8-5-9-24/h2-4,6-7,15-16,27,33H,5,8-13,17-18H2,1H3. The van der Waals surface area contributed by atoms with Crippen molar-refractivity contribution in [1.82, 2.24) is 20.2 Å². The van der Waals surface area contributed by atoms with Crippen molar-refractivity contribution in [3.63, 3.8) is 0 Å². The molecule has 33 heavy (non-hydrogen) atoms. The van der Waals surface area contributed by atoms with Gasteiger partial charge in [0.1, 0.15) is 6.07 Å². The number of carbonyl (C=O) groups is 1. The molecule has 8 heteroatoms. The number of nitriles is 1. The second-order valence-corrected chi connectivity index (χ2v) is 9.83. The van der Waals surface area contributed by atoms with E-state index in [-0.39, 0.29) is 22.9 Å². The van der Waals surface area contributed by atoms with Crippen LogP contribution < -0.4 is 10.2 Å². The Hall–Kier alpha value is -3.02. The van der Waals surface area contributed by atoms with Gasteiger partial charge in [-0.3, -0.25) is 4.90 Å². The lowest BCUT2D eigenvalue weighted by molar-refractivity contribution is -0.0690. The molecular weight excluding hydrogens is 416 g/mol. The highest BCUT2D eigenvalue weighted by atomic mass is 16.3. The van der Waals surface area contributed by atoms with Crippen molar-refractivity contribution in [3.05, 3.63) is 54.1 Å². The number of β-amino-alcohol motifs (C(OH)–C–C–N with tert-alkyl or cyclic N) is 1. The van der Waals surface area contributed by atoms with Crippen LogP contribution in [0, 0.1) is 11.3 Å². The first-order valence-corrected chi connectivity index (χ1v) is 11.7. The molecule has 2 saturated carbocycles. The van der Waals surface area contributed by atoms with Gasteiger partial charge in [-0.1, -0.05) is 30.3 Å². The minimum absolute atomic E-state index is 0.0834. The van der Waals surface area contributed by atoms with E-state index in [1.807, 2.05) is 24.1 Å². The third-order valence-electron chi connectivity index (χ3n) is 8.11. The predicted molar refractivity (Wildman–Crippen MR) is 123 cm³/mol. The Morgan fingerprint density at radius 3 is 2.30 bits per heavy atom. The fourth-order valence-corrected chi connectivity index (χ4v) is 5.80. The van der Waals surface area contributed by atoms with Gasteiger partial charge in [-0.15, -0.1) is 0 Å².